The molecule has 2 fully saturated rings. The Morgan fingerprint density at radius 3 is 2.45 bits per heavy atom. The average molecular weight is 395 g/mol. The minimum absolute atomic E-state index is 0.0101. The molecule has 29 heavy (non-hydrogen) atoms. The molecule has 2 heterocycles. The molecule has 2 bridgehead atoms. The molecule has 2 aromatic carbocycles. The van der Waals surface area contributed by atoms with Crippen molar-refractivity contribution in [1.82, 2.24) is 10.2 Å². The fraction of sp³-hybridized carbons (Fsp3) is 0.391. The number of carbonyl (C=O) groups excluding carboxylic acids is 2. The Kier molecular flexibility index (Phi) is 5.51. The number of carbonyl (C=O) groups is 2. The van der Waals surface area contributed by atoms with Gasteiger partial charge < -0.3 is 15.5 Å². The molecule has 2 saturated heterocycles. The molecule has 0 unspecified atom stereocenters. The summed E-state index contributed by atoms with van der Waals surface area (Å²) in [6.45, 7) is 2.00. The number of amides is 3. The van der Waals surface area contributed by atoms with Crippen LogP contribution < -0.4 is 10.6 Å². The van der Waals surface area contributed by atoms with E-state index in [2.05, 4.69) is 10.6 Å². The number of fused-ring (bicyclic) bond motifs is 2. The van der Waals surface area contributed by atoms with Crippen LogP contribution in [0.2, 0.25) is 0 Å². The summed E-state index contributed by atoms with van der Waals surface area (Å²) < 4.78 is 13.4. The summed E-state index contributed by atoms with van der Waals surface area (Å²) in [4.78, 5) is 27.4. The van der Waals surface area contributed by atoms with Crippen molar-refractivity contribution in [3.8, 4) is 0 Å². The standard InChI is InChI=1S/C23H26FN3O2/c1-15-5-2-8-18(11-15)26-23(29)27-20-9-4-10-21(27)14-19(13-20)25-22(28)16-6-3-7-17(24)12-16/h2-3,5-8,11-12,19-21H,4,9-10,13-14H2,1H3,(H,25,28)(H,26,29)/t20-,21-/m1/s1. The van der Waals surface area contributed by atoms with Gasteiger partial charge in [-0.25, -0.2) is 9.18 Å². The molecule has 152 valence electrons. The van der Waals surface area contributed by atoms with Gasteiger partial charge in [-0.15, -0.1) is 0 Å². The highest BCUT2D eigenvalue weighted by Crippen LogP contribution is 2.34. The van der Waals surface area contributed by atoms with Crippen molar-refractivity contribution in [3.63, 3.8) is 0 Å². The van der Waals surface area contributed by atoms with Gasteiger partial charge >= 0.3 is 6.03 Å². The summed E-state index contributed by atoms with van der Waals surface area (Å²) in [5, 5.41) is 6.07. The number of piperidine rings is 2. The SMILES string of the molecule is Cc1cccc(NC(=O)N2[C@@H]3CCC[C@@H]2CC(NC(=O)c2cccc(F)c2)C3)c1. The van der Waals surface area contributed by atoms with Gasteiger partial charge in [-0.1, -0.05) is 18.2 Å². The zero-order chi connectivity index (χ0) is 20.4. The lowest BCUT2D eigenvalue weighted by Gasteiger charge is -2.48. The number of hydrogen-bond acceptors (Lipinski definition) is 2. The van der Waals surface area contributed by atoms with Crippen LogP contribution >= 0.6 is 0 Å². The van der Waals surface area contributed by atoms with Crippen molar-refractivity contribution in [3.05, 3.63) is 65.5 Å². The molecule has 2 aromatic rings. The van der Waals surface area contributed by atoms with Crippen LogP contribution in [0.4, 0.5) is 14.9 Å². The minimum atomic E-state index is -0.419. The lowest BCUT2D eigenvalue weighted by atomic mass is 9.82. The Bertz CT molecular complexity index is 903. The van der Waals surface area contributed by atoms with Gasteiger partial charge in [-0.3, -0.25) is 4.79 Å². The van der Waals surface area contributed by atoms with Crippen molar-refractivity contribution in [1.29, 1.82) is 0 Å². The first-order valence-corrected chi connectivity index (χ1v) is 10.2. The average Bonchev–Trinajstić information content (AvgIpc) is 2.67. The predicted molar refractivity (Wildman–Crippen MR) is 110 cm³/mol. The molecule has 0 aromatic heterocycles. The molecule has 0 spiro atoms. The number of rotatable bonds is 3. The highest BCUT2D eigenvalue weighted by Gasteiger charge is 2.41. The van der Waals surface area contributed by atoms with Crippen LogP contribution in [-0.4, -0.2) is 35.0 Å². The Balaban J connectivity index is 1.42. The first-order chi connectivity index (χ1) is 14.0. The van der Waals surface area contributed by atoms with Gasteiger partial charge in [0.05, 0.1) is 0 Å². The van der Waals surface area contributed by atoms with Crippen LogP contribution in [0.1, 0.15) is 48.0 Å². The molecule has 3 amide bonds. The maximum absolute atomic E-state index is 13.4. The van der Waals surface area contributed by atoms with E-state index in [0.717, 1.165) is 43.4 Å². The molecule has 0 saturated carbocycles. The molecule has 2 aliphatic rings. The fourth-order valence-electron chi connectivity index (χ4n) is 4.64. The van der Waals surface area contributed by atoms with E-state index in [1.54, 1.807) is 6.07 Å². The highest BCUT2D eigenvalue weighted by atomic mass is 19.1. The predicted octanol–water partition coefficient (Wildman–Crippen LogP) is 4.48. The minimum Gasteiger partial charge on any atom is -0.349 e. The van der Waals surface area contributed by atoms with E-state index in [-0.39, 0.29) is 30.1 Å². The third kappa shape index (κ3) is 4.42. The van der Waals surface area contributed by atoms with Crippen LogP contribution in [0, 0.1) is 12.7 Å². The Morgan fingerprint density at radius 1 is 1.03 bits per heavy atom. The van der Waals surface area contributed by atoms with Gasteiger partial charge in [-0.2, -0.15) is 0 Å². The molecule has 2 aliphatic heterocycles. The summed E-state index contributed by atoms with van der Waals surface area (Å²) in [6, 6.07) is 13.6. The highest BCUT2D eigenvalue weighted by molar-refractivity contribution is 5.94. The number of halogens is 1. The Hall–Kier alpha value is -2.89. The number of anilines is 1. The van der Waals surface area contributed by atoms with Crippen molar-refractivity contribution in [2.24, 2.45) is 0 Å². The topological polar surface area (TPSA) is 61.4 Å². The van der Waals surface area contributed by atoms with E-state index in [1.165, 1.54) is 18.2 Å². The van der Waals surface area contributed by atoms with E-state index in [9.17, 15) is 14.0 Å². The van der Waals surface area contributed by atoms with Gasteiger partial charge in [0.25, 0.3) is 5.91 Å². The summed E-state index contributed by atoms with van der Waals surface area (Å²) in [6.07, 6.45) is 4.40. The summed E-state index contributed by atoms with van der Waals surface area (Å²) in [7, 11) is 0. The monoisotopic (exact) mass is 395 g/mol. The number of aryl methyl sites for hydroxylation is 1. The number of urea groups is 1. The van der Waals surface area contributed by atoms with E-state index in [1.807, 2.05) is 36.1 Å². The second-order valence-corrected chi connectivity index (χ2v) is 8.10. The zero-order valence-electron chi connectivity index (χ0n) is 16.5. The zero-order valence-corrected chi connectivity index (χ0v) is 16.5. The van der Waals surface area contributed by atoms with Gasteiger partial charge in [-0.05, 0) is 74.9 Å². The molecule has 0 aliphatic carbocycles. The quantitative estimate of drug-likeness (QED) is 0.805. The second-order valence-electron chi connectivity index (χ2n) is 8.10. The maximum Gasteiger partial charge on any atom is 0.322 e. The molecule has 2 atom stereocenters. The van der Waals surface area contributed by atoms with Gasteiger partial charge in [0.1, 0.15) is 5.82 Å². The first kappa shape index (κ1) is 19.4. The van der Waals surface area contributed by atoms with Crippen molar-refractivity contribution in [2.75, 3.05) is 5.32 Å². The van der Waals surface area contributed by atoms with Crippen LogP contribution in [0.25, 0.3) is 0 Å². The maximum atomic E-state index is 13.4. The van der Waals surface area contributed by atoms with Crippen molar-refractivity contribution in [2.45, 2.75) is 57.2 Å². The lowest BCUT2D eigenvalue weighted by molar-refractivity contribution is 0.0577. The first-order valence-electron chi connectivity index (χ1n) is 10.2. The third-order valence-corrected chi connectivity index (χ3v) is 5.90. The smallest absolute Gasteiger partial charge is 0.322 e. The molecular weight excluding hydrogens is 369 g/mol. The molecule has 4 rings (SSSR count). The number of hydrogen-bond donors (Lipinski definition) is 2. The van der Waals surface area contributed by atoms with E-state index < -0.39 is 5.82 Å². The summed E-state index contributed by atoms with van der Waals surface area (Å²) in [5.74, 6) is -0.678. The van der Waals surface area contributed by atoms with Crippen LogP contribution in [0.3, 0.4) is 0 Å². The number of benzene rings is 2. The van der Waals surface area contributed by atoms with Gasteiger partial charge in [0.15, 0.2) is 0 Å². The molecule has 6 heteroatoms. The number of nitrogens with one attached hydrogen (secondary N) is 2. The normalized spacial score (nSPS) is 23.4. The van der Waals surface area contributed by atoms with Crippen LogP contribution in [0.5, 0.6) is 0 Å². The van der Waals surface area contributed by atoms with Crippen molar-refractivity contribution < 1.29 is 14.0 Å². The lowest BCUT2D eigenvalue weighted by Crippen LogP contribution is -2.59. The Labute approximate surface area is 170 Å². The fourth-order valence-corrected chi connectivity index (χ4v) is 4.64. The van der Waals surface area contributed by atoms with E-state index in [0.29, 0.717) is 5.56 Å². The second kappa shape index (κ2) is 8.23. The summed E-state index contributed by atoms with van der Waals surface area (Å²) in [5.41, 5.74) is 2.23. The Morgan fingerprint density at radius 2 is 1.76 bits per heavy atom. The van der Waals surface area contributed by atoms with Crippen molar-refractivity contribution >= 4 is 17.6 Å². The van der Waals surface area contributed by atoms with E-state index in [4.69, 9.17) is 0 Å². The molecule has 0 radical (unpaired) electrons. The largest absolute Gasteiger partial charge is 0.349 e. The van der Waals surface area contributed by atoms with Crippen LogP contribution in [-0.2, 0) is 0 Å². The number of nitrogens with zero attached hydrogens (tertiary/aromatic N) is 1. The molecule has 2 N–H and O–H groups in total. The molecular formula is C23H26FN3O2. The summed E-state index contributed by atoms with van der Waals surface area (Å²) >= 11 is 0. The van der Waals surface area contributed by atoms with Gasteiger partial charge in [0, 0.05) is 29.4 Å². The van der Waals surface area contributed by atoms with E-state index >= 15 is 0 Å². The third-order valence-electron chi connectivity index (χ3n) is 5.90. The van der Waals surface area contributed by atoms with Gasteiger partial charge in [0.2, 0.25) is 0 Å². The van der Waals surface area contributed by atoms with Crippen LogP contribution in [0.15, 0.2) is 48.5 Å². The molecule has 5 nitrogen and oxygen atoms in total.